The van der Waals surface area contributed by atoms with Gasteiger partial charge in [0.05, 0.1) is 4.88 Å². The zero-order chi connectivity index (χ0) is 17.5. The van der Waals surface area contributed by atoms with Gasteiger partial charge in [-0.05, 0) is 24.6 Å². The van der Waals surface area contributed by atoms with Crippen molar-refractivity contribution >= 4 is 29.2 Å². The van der Waals surface area contributed by atoms with E-state index in [1.807, 2.05) is 13.0 Å². The van der Waals surface area contributed by atoms with E-state index in [1.54, 1.807) is 36.4 Å². The summed E-state index contributed by atoms with van der Waals surface area (Å²) in [5.74, 6) is -1.61. The van der Waals surface area contributed by atoms with Gasteiger partial charge in [-0.2, -0.15) is 0 Å². The number of carbonyl (C=O) groups excluding carboxylic acids is 2. The van der Waals surface area contributed by atoms with Gasteiger partial charge in [-0.25, -0.2) is 9.59 Å². The van der Waals surface area contributed by atoms with Crippen molar-refractivity contribution in [3.05, 3.63) is 57.8 Å². The number of hydrogen-bond acceptors (Lipinski definition) is 5. The number of hydrogen-bond donors (Lipinski definition) is 2. The summed E-state index contributed by atoms with van der Waals surface area (Å²) in [7, 11) is 0. The molecule has 1 unspecified atom stereocenters. The second-order valence-electron chi connectivity index (χ2n) is 5.13. The molecule has 0 bridgehead atoms. The lowest BCUT2D eigenvalue weighted by Gasteiger charge is -2.13. The van der Waals surface area contributed by atoms with Crippen LogP contribution in [0.4, 0.5) is 4.79 Å². The van der Waals surface area contributed by atoms with Gasteiger partial charge in [-0.1, -0.05) is 30.3 Å². The van der Waals surface area contributed by atoms with Crippen molar-refractivity contribution in [2.75, 3.05) is 0 Å². The van der Waals surface area contributed by atoms with Crippen LogP contribution in [0.2, 0.25) is 0 Å². The van der Waals surface area contributed by atoms with Gasteiger partial charge < -0.3 is 15.2 Å². The van der Waals surface area contributed by atoms with E-state index in [-0.39, 0.29) is 18.8 Å². The van der Waals surface area contributed by atoms with Crippen LogP contribution in [0.3, 0.4) is 0 Å². The molecule has 1 aromatic heterocycles. The Morgan fingerprint density at radius 1 is 1.17 bits per heavy atom. The molecule has 2 rings (SSSR count). The highest BCUT2D eigenvalue weighted by atomic mass is 32.1. The Hall–Kier alpha value is -2.67. The normalized spacial score (nSPS) is 11.5. The maximum absolute atomic E-state index is 12.1. The van der Waals surface area contributed by atoms with E-state index in [0.717, 1.165) is 10.4 Å². The SMILES string of the molecule is Cc1ccc(C(=O)CC(NC(=O)OCc2ccccc2)C(=O)O)s1. The monoisotopic (exact) mass is 347 g/mol. The van der Waals surface area contributed by atoms with E-state index < -0.39 is 18.1 Å². The zero-order valence-electron chi connectivity index (χ0n) is 13.0. The van der Waals surface area contributed by atoms with Crippen LogP contribution < -0.4 is 5.32 Å². The van der Waals surface area contributed by atoms with E-state index in [9.17, 15) is 19.5 Å². The maximum Gasteiger partial charge on any atom is 0.408 e. The number of benzene rings is 1. The van der Waals surface area contributed by atoms with E-state index in [0.29, 0.717) is 4.88 Å². The molecule has 0 radical (unpaired) electrons. The van der Waals surface area contributed by atoms with E-state index in [2.05, 4.69) is 5.32 Å². The molecule has 0 saturated heterocycles. The Morgan fingerprint density at radius 3 is 2.46 bits per heavy atom. The smallest absolute Gasteiger partial charge is 0.408 e. The van der Waals surface area contributed by atoms with Crippen LogP contribution in [-0.4, -0.2) is 29.0 Å². The standard InChI is InChI=1S/C17H17NO5S/c1-11-7-8-15(24-11)14(19)9-13(16(20)21)18-17(22)23-10-12-5-3-2-4-6-12/h2-8,13H,9-10H2,1H3,(H,18,22)(H,20,21). The molecular weight excluding hydrogens is 330 g/mol. The molecule has 0 fully saturated rings. The van der Waals surface area contributed by atoms with Crippen molar-refractivity contribution in [2.24, 2.45) is 0 Å². The first-order chi connectivity index (χ1) is 11.5. The second-order valence-corrected chi connectivity index (χ2v) is 6.42. The van der Waals surface area contributed by atoms with Crippen molar-refractivity contribution in [2.45, 2.75) is 26.0 Å². The summed E-state index contributed by atoms with van der Waals surface area (Å²) in [5.41, 5.74) is 0.782. The molecule has 7 heteroatoms. The number of aryl methyl sites for hydroxylation is 1. The maximum atomic E-state index is 12.1. The predicted octanol–water partition coefficient (Wildman–Crippen LogP) is 3.01. The first-order valence-corrected chi connectivity index (χ1v) is 8.07. The quantitative estimate of drug-likeness (QED) is 0.751. The minimum Gasteiger partial charge on any atom is -0.480 e. The van der Waals surface area contributed by atoms with Crippen molar-refractivity contribution in [3.8, 4) is 0 Å². The molecule has 1 aromatic carbocycles. The number of Topliss-reactive ketones (excluding diaryl/α,β-unsaturated/α-hetero) is 1. The number of carboxylic acid groups (broad SMARTS) is 1. The molecule has 1 heterocycles. The molecule has 0 aliphatic rings. The van der Waals surface area contributed by atoms with Crippen molar-refractivity contribution < 1.29 is 24.2 Å². The first kappa shape index (κ1) is 17.7. The number of ether oxygens (including phenoxy) is 1. The Kier molecular flexibility index (Phi) is 6.08. The Bertz CT molecular complexity index is 726. The topological polar surface area (TPSA) is 92.7 Å². The van der Waals surface area contributed by atoms with Gasteiger partial charge in [-0.3, -0.25) is 4.79 Å². The Morgan fingerprint density at radius 2 is 1.88 bits per heavy atom. The van der Waals surface area contributed by atoms with E-state index >= 15 is 0 Å². The molecule has 0 spiro atoms. The third-order valence-corrected chi connectivity index (χ3v) is 4.25. The lowest BCUT2D eigenvalue weighted by atomic mass is 10.1. The van der Waals surface area contributed by atoms with Gasteiger partial charge in [0.15, 0.2) is 5.78 Å². The first-order valence-electron chi connectivity index (χ1n) is 7.25. The fraction of sp³-hybridized carbons (Fsp3) is 0.235. The molecule has 0 aliphatic heterocycles. The van der Waals surface area contributed by atoms with Crippen LogP contribution in [0.1, 0.15) is 26.5 Å². The number of carboxylic acids is 1. The van der Waals surface area contributed by atoms with Crippen molar-refractivity contribution in [1.82, 2.24) is 5.32 Å². The lowest BCUT2D eigenvalue weighted by Crippen LogP contribution is -2.42. The summed E-state index contributed by atoms with van der Waals surface area (Å²) in [6.07, 6.45) is -1.20. The van der Waals surface area contributed by atoms with E-state index in [1.165, 1.54) is 11.3 Å². The lowest BCUT2D eigenvalue weighted by molar-refractivity contribution is -0.139. The van der Waals surface area contributed by atoms with Gasteiger partial charge in [0, 0.05) is 11.3 Å². The highest BCUT2D eigenvalue weighted by molar-refractivity contribution is 7.14. The number of amides is 1. The zero-order valence-corrected chi connectivity index (χ0v) is 13.8. The number of ketones is 1. The molecular formula is C17H17NO5S. The average Bonchev–Trinajstić information content (AvgIpc) is 3.00. The number of carbonyl (C=O) groups is 3. The van der Waals surface area contributed by atoms with Crippen LogP contribution in [0, 0.1) is 6.92 Å². The summed E-state index contributed by atoms with van der Waals surface area (Å²) >= 11 is 1.29. The second kappa shape index (κ2) is 8.26. The van der Waals surface area contributed by atoms with Crippen molar-refractivity contribution in [3.63, 3.8) is 0 Å². The van der Waals surface area contributed by atoms with Gasteiger partial charge in [0.1, 0.15) is 12.6 Å². The Balaban J connectivity index is 1.89. The Labute approximate surface area is 143 Å². The number of aliphatic carboxylic acids is 1. The van der Waals surface area contributed by atoms with Crippen LogP contribution in [-0.2, 0) is 16.1 Å². The van der Waals surface area contributed by atoms with Crippen LogP contribution >= 0.6 is 11.3 Å². The molecule has 1 amide bonds. The van der Waals surface area contributed by atoms with Gasteiger partial charge >= 0.3 is 12.1 Å². The minimum absolute atomic E-state index is 0.0249. The number of rotatable bonds is 7. The summed E-state index contributed by atoms with van der Waals surface area (Å²) in [4.78, 5) is 36.5. The van der Waals surface area contributed by atoms with Crippen molar-refractivity contribution in [1.29, 1.82) is 0 Å². The summed E-state index contributed by atoms with van der Waals surface area (Å²) in [6.45, 7) is 1.88. The van der Waals surface area contributed by atoms with Crippen LogP contribution in [0.5, 0.6) is 0 Å². The molecule has 2 N–H and O–H groups in total. The fourth-order valence-corrected chi connectivity index (χ4v) is 2.79. The molecule has 2 aromatic rings. The number of alkyl carbamates (subject to hydrolysis) is 1. The molecule has 24 heavy (non-hydrogen) atoms. The minimum atomic E-state index is -1.33. The molecule has 126 valence electrons. The number of thiophene rings is 1. The van der Waals surface area contributed by atoms with Gasteiger partial charge in [0.25, 0.3) is 0 Å². The molecule has 1 atom stereocenters. The van der Waals surface area contributed by atoms with Crippen LogP contribution in [0.25, 0.3) is 0 Å². The third kappa shape index (κ3) is 5.20. The molecule has 6 nitrogen and oxygen atoms in total. The molecule has 0 aliphatic carbocycles. The number of nitrogens with one attached hydrogen (secondary N) is 1. The molecule has 0 saturated carbocycles. The van der Waals surface area contributed by atoms with E-state index in [4.69, 9.17) is 4.74 Å². The fourth-order valence-electron chi connectivity index (χ4n) is 1.98. The largest absolute Gasteiger partial charge is 0.480 e. The highest BCUT2D eigenvalue weighted by Gasteiger charge is 2.25. The summed E-state index contributed by atoms with van der Waals surface area (Å²) in [6, 6.07) is 11.1. The predicted molar refractivity (Wildman–Crippen MR) is 89.2 cm³/mol. The van der Waals surface area contributed by atoms with Crippen LogP contribution in [0.15, 0.2) is 42.5 Å². The summed E-state index contributed by atoms with van der Waals surface area (Å²) < 4.78 is 4.98. The summed E-state index contributed by atoms with van der Waals surface area (Å²) in [5, 5.41) is 11.4. The average molecular weight is 347 g/mol. The third-order valence-electron chi connectivity index (χ3n) is 3.21. The van der Waals surface area contributed by atoms with Gasteiger partial charge in [0.2, 0.25) is 0 Å². The van der Waals surface area contributed by atoms with Gasteiger partial charge in [-0.15, -0.1) is 11.3 Å². The highest BCUT2D eigenvalue weighted by Crippen LogP contribution is 2.17.